The number of carbonyl (C=O) groups is 1. The minimum Gasteiger partial charge on any atom is -0.355 e. The van der Waals surface area contributed by atoms with Gasteiger partial charge in [0.15, 0.2) is 0 Å². The summed E-state index contributed by atoms with van der Waals surface area (Å²) in [5, 5.41) is 14.6. The van der Waals surface area contributed by atoms with Crippen LogP contribution < -0.4 is 5.32 Å². The Morgan fingerprint density at radius 2 is 1.75 bits per heavy atom. The fourth-order valence-corrected chi connectivity index (χ4v) is 3.10. The number of benzene rings is 2. The molecule has 0 aliphatic heterocycles. The average Bonchev–Trinajstić information content (AvgIpc) is 2.53. The van der Waals surface area contributed by atoms with Crippen LogP contribution in [-0.4, -0.2) is 17.4 Å². The number of carbonyl (C=O) groups excluding carboxylic acids is 1. The first-order valence-corrected chi connectivity index (χ1v) is 8.08. The molecule has 0 fully saturated rings. The van der Waals surface area contributed by atoms with E-state index in [1.807, 2.05) is 6.92 Å². The molecule has 1 atom stereocenters. The zero-order valence-corrected chi connectivity index (χ0v) is 14.5. The molecule has 2 aromatic carbocycles. The van der Waals surface area contributed by atoms with Gasteiger partial charge in [0.25, 0.3) is 5.69 Å². The van der Waals surface area contributed by atoms with Gasteiger partial charge in [-0.1, -0.05) is 48.3 Å². The van der Waals surface area contributed by atoms with Crippen LogP contribution in [0, 0.1) is 10.1 Å². The van der Waals surface area contributed by atoms with Gasteiger partial charge >= 0.3 is 0 Å². The van der Waals surface area contributed by atoms with E-state index in [1.165, 1.54) is 12.1 Å². The number of nitro groups is 1. The largest absolute Gasteiger partial charge is 0.355 e. The quantitative estimate of drug-likeness (QED) is 0.609. The Labute approximate surface area is 149 Å². The van der Waals surface area contributed by atoms with E-state index in [1.54, 1.807) is 30.3 Å². The molecule has 0 saturated heterocycles. The zero-order valence-electron chi connectivity index (χ0n) is 13.0. The summed E-state index contributed by atoms with van der Waals surface area (Å²) in [5.74, 6) is -0.203. The van der Waals surface area contributed by atoms with Crippen LogP contribution in [0.4, 0.5) is 5.69 Å². The van der Waals surface area contributed by atoms with E-state index in [0.29, 0.717) is 22.2 Å². The molecule has 1 unspecified atom stereocenters. The van der Waals surface area contributed by atoms with Crippen LogP contribution >= 0.6 is 23.2 Å². The number of nitro benzene ring substituents is 1. The van der Waals surface area contributed by atoms with Crippen LogP contribution in [0.25, 0.3) is 0 Å². The van der Waals surface area contributed by atoms with E-state index in [9.17, 15) is 14.9 Å². The van der Waals surface area contributed by atoms with Gasteiger partial charge in [-0.15, -0.1) is 0 Å². The first kappa shape index (κ1) is 18.2. The number of nitrogens with one attached hydrogen (secondary N) is 1. The van der Waals surface area contributed by atoms with Crippen molar-refractivity contribution in [3.8, 4) is 0 Å². The molecule has 7 heteroatoms. The van der Waals surface area contributed by atoms with E-state index < -0.39 is 4.92 Å². The van der Waals surface area contributed by atoms with Gasteiger partial charge in [0, 0.05) is 34.6 Å². The highest BCUT2D eigenvalue weighted by Crippen LogP contribution is 2.30. The van der Waals surface area contributed by atoms with Crippen molar-refractivity contribution in [1.82, 2.24) is 5.32 Å². The topological polar surface area (TPSA) is 72.2 Å². The summed E-state index contributed by atoms with van der Waals surface area (Å²) in [6, 6.07) is 11.2. The Morgan fingerprint density at radius 3 is 2.29 bits per heavy atom. The SMILES string of the molecule is CC(CNC(=O)Cc1ccc([N+](=O)[O-])cc1)c1c(Cl)cccc1Cl. The number of non-ortho nitro benzene ring substituents is 1. The van der Waals surface area contributed by atoms with Crippen molar-refractivity contribution in [2.45, 2.75) is 19.3 Å². The van der Waals surface area contributed by atoms with Gasteiger partial charge in [-0.3, -0.25) is 14.9 Å². The van der Waals surface area contributed by atoms with Gasteiger partial charge in [-0.2, -0.15) is 0 Å². The van der Waals surface area contributed by atoms with Crippen LogP contribution in [0.5, 0.6) is 0 Å². The first-order valence-electron chi connectivity index (χ1n) is 7.32. The van der Waals surface area contributed by atoms with Crippen LogP contribution in [0.3, 0.4) is 0 Å². The molecule has 126 valence electrons. The lowest BCUT2D eigenvalue weighted by molar-refractivity contribution is -0.384. The lowest BCUT2D eigenvalue weighted by Crippen LogP contribution is -2.29. The van der Waals surface area contributed by atoms with Gasteiger partial charge in [0.2, 0.25) is 5.91 Å². The molecule has 0 bridgehead atoms. The third-order valence-corrected chi connectivity index (χ3v) is 4.27. The van der Waals surface area contributed by atoms with Crippen molar-refractivity contribution in [2.24, 2.45) is 0 Å². The molecule has 1 amide bonds. The second kappa shape index (κ2) is 8.13. The molecule has 5 nitrogen and oxygen atoms in total. The summed E-state index contributed by atoms with van der Waals surface area (Å²) >= 11 is 12.3. The monoisotopic (exact) mass is 366 g/mol. The lowest BCUT2D eigenvalue weighted by atomic mass is 10.0. The van der Waals surface area contributed by atoms with E-state index in [0.717, 1.165) is 5.56 Å². The summed E-state index contributed by atoms with van der Waals surface area (Å²) in [4.78, 5) is 22.2. The van der Waals surface area contributed by atoms with Crippen molar-refractivity contribution in [1.29, 1.82) is 0 Å². The molecule has 0 saturated carbocycles. The van der Waals surface area contributed by atoms with Crippen molar-refractivity contribution in [3.05, 3.63) is 73.8 Å². The molecule has 0 aliphatic rings. The molecule has 0 heterocycles. The van der Waals surface area contributed by atoms with Crippen molar-refractivity contribution in [2.75, 3.05) is 6.54 Å². The number of halogens is 2. The van der Waals surface area contributed by atoms with E-state index in [4.69, 9.17) is 23.2 Å². The van der Waals surface area contributed by atoms with Crippen LogP contribution in [0.2, 0.25) is 10.0 Å². The molecular weight excluding hydrogens is 351 g/mol. The molecule has 2 rings (SSSR count). The summed E-state index contributed by atoms with van der Waals surface area (Å²) in [7, 11) is 0. The van der Waals surface area contributed by atoms with Crippen LogP contribution in [0.15, 0.2) is 42.5 Å². The molecule has 0 aromatic heterocycles. The number of nitrogens with zero attached hydrogens (tertiary/aromatic N) is 1. The van der Waals surface area contributed by atoms with Gasteiger partial charge in [-0.05, 0) is 23.3 Å². The second-order valence-corrected chi connectivity index (χ2v) is 6.26. The van der Waals surface area contributed by atoms with Crippen molar-refractivity contribution >= 4 is 34.8 Å². The van der Waals surface area contributed by atoms with Gasteiger partial charge in [-0.25, -0.2) is 0 Å². The minimum absolute atomic E-state index is 0.00106. The molecule has 24 heavy (non-hydrogen) atoms. The maximum Gasteiger partial charge on any atom is 0.269 e. The Balaban J connectivity index is 1.92. The Kier molecular flexibility index (Phi) is 6.17. The highest BCUT2D eigenvalue weighted by atomic mass is 35.5. The highest BCUT2D eigenvalue weighted by Gasteiger charge is 2.15. The smallest absolute Gasteiger partial charge is 0.269 e. The standard InChI is InChI=1S/C17H16Cl2N2O3/c1-11(17-14(18)3-2-4-15(17)19)10-20-16(22)9-12-5-7-13(8-6-12)21(23)24/h2-8,11H,9-10H2,1H3,(H,20,22). The molecule has 1 N–H and O–H groups in total. The normalized spacial score (nSPS) is 11.8. The summed E-state index contributed by atoms with van der Waals surface area (Å²) in [6.45, 7) is 2.33. The summed E-state index contributed by atoms with van der Waals surface area (Å²) < 4.78 is 0. The lowest BCUT2D eigenvalue weighted by Gasteiger charge is -2.16. The van der Waals surface area contributed by atoms with Gasteiger partial charge in [0.1, 0.15) is 0 Å². The highest BCUT2D eigenvalue weighted by molar-refractivity contribution is 6.36. The number of hydrogen-bond acceptors (Lipinski definition) is 3. The zero-order chi connectivity index (χ0) is 17.7. The molecule has 0 radical (unpaired) electrons. The van der Waals surface area contributed by atoms with Gasteiger partial charge < -0.3 is 5.32 Å². The van der Waals surface area contributed by atoms with E-state index >= 15 is 0 Å². The molecule has 2 aromatic rings. The molecule has 0 spiro atoms. The third kappa shape index (κ3) is 4.69. The maximum atomic E-state index is 12.0. The average molecular weight is 367 g/mol. The first-order chi connectivity index (χ1) is 11.4. The fraction of sp³-hybridized carbons (Fsp3) is 0.235. The second-order valence-electron chi connectivity index (χ2n) is 5.44. The van der Waals surface area contributed by atoms with Crippen LogP contribution in [0.1, 0.15) is 24.0 Å². The fourth-order valence-electron chi connectivity index (χ4n) is 2.33. The number of amides is 1. The molecule has 0 aliphatic carbocycles. The van der Waals surface area contributed by atoms with E-state index in [2.05, 4.69) is 5.32 Å². The Bertz CT molecular complexity index is 728. The van der Waals surface area contributed by atoms with E-state index in [-0.39, 0.29) is 23.9 Å². The third-order valence-electron chi connectivity index (χ3n) is 3.61. The predicted octanol–water partition coefficient (Wildman–Crippen LogP) is 4.36. The Hall–Kier alpha value is -2.11. The summed E-state index contributed by atoms with van der Waals surface area (Å²) in [5.41, 5.74) is 1.51. The van der Waals surface area contributed by atoms with Crippen molar-refractivity contribution in [3.63, 3.8) is 0 Å². The summed E-state index contributed by atoms with van der Waals surface area (Å²) in [6.07, 6.45) is 0.154. The Morgan fingerprint density at radius 1 is 1.17 bits per heavy atom. The van der Waals surface area contributed by atoms with Crippen LogP contribution in [-0.2, 0) is 11.2 Å². The maximum absolute atomic E-state index is 12.0. The number of rotatable bonds is 6. The molecular formula is C17H16Cl2N2O3. The predicted molar refractivity (Wildman–Crippen MR) is 94.7 cm³/mol. The van der Waals surface area contributed by atoms with Crippen molar-refractivity contribution < 1.29 is 9.72 Å². The minimum atomic E-state index is -0.473. The number of hydrogen-bond donors (Lipinski definition) is 1. The van der Waals surface area contributed by atoms with Gasteiger partial charge in [0.05, 0.1) is 11.3 Å².